The van der Waals surface area contributed by atoms with Crippen molar-refractivity contribution in [2.24, 2.45) is 0 Å². The molecule has 2 aromatic rings. The maximum atomic E-state index is 4.27. The molecular weight excluding hydrogens is 216 g/mol. The van der Waals surface area contributed by atoms with Crippen molar-refractivity contribution in [3.63, 3.8) is 0 Å². The molecule has 84 valence electrons. The molecule has 0 aliphatic rings. The van der Waals surface area contributed by atoms with Crippen LogP contribution in [0, 0.1) is 6.92 Å². The summed E-state index contributed by atoms with van der Waals surface area (Å²) in [7, 11) is 2.13. The number of hydrogen-bond donors (Lipinski definition) is 0. The number of para-hydroxylation sites is 1. The summed E-state index contributed by atoms with van der Waals surface area (Å²) in [5, 5.41) is 0. The summed E-state index contributed by atoms with van der Waals surface area (Å²) in [6.45, 7) is 3.11. The van der Waals surface area contributed by atoms with Gasteiger partial charge in [0, 0.05) is 30.6 Å². The maximum absolute atomic E-state index is 4.27. The highest BCUT2D eigenvalue weighted by molar-refractivity contribution is 7.09. The van der Waals surface area contributed by atoms with Gasteiger partial charge in [-0.05, 0) is 19.1 Å². The Balaban J connectivity index is 1.94. The lowest BCUT2D eigenvalue weighted by Gasteiger charge is -2.18. The standard InChI is InChI=1S/C13H16N2S/c1-11-13(16-10-14-11)8-9-15(2)12-6-4-3-5-7-12/h3-7,10H,8-9H2,1-2H3. The van der Waals surface area contributed by atoms with Crippen molar-refractivity contribution in [2.75, 3.05) is 18.5 Å². The van der Waals surface area contributed by atoms with Gasteiger partial charge in [0.1, 0.15) is 0 Å². The van der Waals surface area contributed by atoms with E-state index >= 15 is 0 Å². The summed E-state index contributed by atoms with van der Waals surface area (Å²) in [6.07, 6.45) is 1.07. The number of likely N-dealkylation sites (N-methyl/N-ethyl adjacent to an activating group) is 1. The number of benzene rings is 1. The van der Waals surface area contributed by atoms with Crippen LogP contribution in [0.1, 0.15) is 10.6 Å². The molecule has 2 rings (SSSR count). The molecule has 3 heteroatoms. The molecule has 0 atom stereocenters. The SMILES string of the molecule is Cc1ncsc1CCN(C)c1ccccc1. The second kappa shape index (κ2) is 5.12. The van der Waals surface area contributed by atoms with Crippen LogP contribution >= 0.6 is 11.3 Å². The third-order valence-electron chi connectivity index (χ3n) is 2.72. The Morgan fingerprint density at radius 2 is 2.00 bits per heavy atom. The van der Waals surface area contributed by atoms with Gasteiger partial charge in [0.25, 0.3) is 0 Å². The highest BCUT2D eigenvalue weighted by Crippen LogP contribution is 2.15. The molecule has 1 heterocycles. The molecule has 0 radical (unpaired) electrons. The fourth-order valence-corrected chi connectivity index (χ4v) is 2.42. The molecule has 0 saturated carbocycles. The van der Waals surface area contributed by atoms with Gasteiger partial charge in [-0.3, -0.25) is 0 Å². The quantitative estimate of drug-likeness (QED) is 0.805. The summed E-state index contributed by atoms with van der Waals surface area (Å²) in [6, 6.07) is 10.5. The van der Waals surface area contributed by atoms with Gasteiger partial charge in [0.05, 0.1) is 11.2 Å². The minimum atomic E-state index is 1.03. The topological polar surface area (TPSA) is 16.1 Å². The van der Waals surface area contributed by atoms with Crippen LogP contribution in [0.2, 0.25) is 0 Å². The van der Waals surface area contributed by atoms with Crippen molar-refractivity contribution in [3.05, 3.63) is 46.4 Å². The van der Waals surface area contributed by atoms with E-state index in [1.54, 1.807) is 11.3 Å². The molecule has 16 heavy (non-hydrogen) atoms. The fourth-order valence-electron chi connectivity index (χ4n) is 1.65. The highest BCUT2D eigenvalue weighted by Gasteiger charge is 2.04. The third-order valence-corrected chi connectivity index (χ3v) is 3.71. The Bertz CT molecular complexity index is 436. The summed E-state index contributed by atoms with van der Waals surface area (Å²) in [5.74, 6) is 0. The van der Waals surface area contributed by atoms with Gasteiger partial charge >= 0.3 is 0 Å². The highest BCUT2D eigenvalue weighted by atomic mass is 32.1. The van der Waals surface area contributed by atoms with Gasteiger partial charge in [-0.15, -0.1) is 11.3 Å². The number of thiazole rings is 1. The van der Waals surface area contributed by atoms with Gasteiger partial charge in [0.2, 0.25) is 0 Å². The predicted octanol–water partition coefficient (Wildman–Crippen LogP) is 3.13. The molecule has 2 nitrogen and oxygen atoms in total. The average molecular weight is 232 g/mol. The molecule has 1 aromatic carbocycles. The molecule has 0 aliphatic carbocycles. The van der Waals surface area contributed by atoms with Crippen molar-refractivity contribution < 1.29 is 0 Å². The summed E-state index contributed by atoms with van der Waals surface area (Å²) >= 11 is 1.75. The molecule has 0 spiro atoms. The average Bonchev–Trinajstić information content (AvgIpc) is 2.73. The number of hydrogen-bond acceptors (Lipinski definition) is 3. The molecular formula is C13H16N2S. The summed E-state index contributed by atoms with van der Waals surface area (Å²) in [4.78, 5) is 7.94. The fraction of sp³-hybridized carbons (Fsp3) is 0.308. The van der Waals surface area contributed by atoms with E-state index in [9.17, 15) is 0 Å². The number of aromatic nitrogens is 1. The van der Waals surface area contributed by atoms with Crippen LogP contribution in [0.3, 0.4) is 0 Å². The zero-order valence-corrected chi connectivity index (χ0v) is 10.5. The van der Waals surface area contributed by atoms with E-state index in [1.165, 1.54) is 16.3 Å². The Morgan fingerprint density at radius 3 is 2.62 bits per heavy atom. The van der Waals surface area contributed by atoms with Crippen LogP contribution in [-0.2, 0) is 6.42 Å². The molecule has 0 saturated heterocycles. The van der Waals surface area contributed by atoms with E-state index in [0.29, 0.717) is 0 Å². The van der Waals surface area contributed by atoms with Crippen LogP contribution < -0.4 is 4.90 Å². The number of aryl methyl sites for hydroxylation is 1. The molecule has 0 fully saturated rings. The van der Waals surface area contributed by atoms with E-state index in [-0.39, 0.29) is 0 Å². The van der Waals surface area contributed by atoms with E-state index in [4.69, 9.17) is 0 Å². The first-order chi connectivity index (χ1) is 7.77. The maximum Gasteiger partial charge on any atom is 0.0797 e. The lowest BCUT2D eigenvalue weighted by Crippen LogP contribution is -2.19. The lowest BCUT2D eigenvalue weighted by molar-refractivity contribution is 0.880. The van der Waals surface area contributed by atoms with Crippen molar-refractivity contribution in [1.29, 1.82) is 0 Å². The Labute approximate surface area is 101 Å². The second-order valence-electron chi connectivity index (χ2n) is 3.87. The molecule has 0 unspecified atom stereocenters. The van der Waals surface area contributed by atoms with Gasteiger partial charge in [-0.25, -0.2) is 4.98 Å². The van der Waals surface area contributed by atoms with Crippen LogP contribution in [0.15, 0.2) is 35.8 Å². The van der Waals surface area contributed by atoms with E-state index in [0.717, 1.165) is 13.0 Å². The number of anilines is 1. The van der Waals surface area contributed by atoms with Gasteiger partial charge < -0.3 is 4.90 Å². The van der Waals surface area contributed by atoms with Gasteiger partial charge in [-0.1, -0.05) is 18.2 Å². The van der Waals surface area contributed by atoms with Crippen molar-refractivity contribution >= 4 is 17.0 Å². The first-order valence-corrected chi connectivity index (χ1v) is 6.30. The molecule has 1 aromatic heterocycles. The minimum absolute atomic E-state index is 1.03. The molecule has 0 amide bonds. The molecule has 0 aliphatic heterocycles. The Kier molecular flexibility index (Phi) is 3.57. The lowest BCUT2D eigenvalue weighted by atomic mass is 10.2. The van der Waals surface area contributed by atoms with E-state index in [2.05, 4.69) is 48.1 Å². The first kappa shape index (κ1) is 11.1. The minimum Gasteiger partial charge on any atom is -0.374 e. The van der Waals surface area contributed by atoms with Crippen molar-refractivity contribution in [3.8, 4) is 0 Å². The van der Waals surface area contributed by atoms with Crippen molar-refractivity contribution in [2.45, 2.75) is 13.3 Å². The Morgan fingerprint density at radius 1 is 1.25 bits per heavy atom. The molecule has 0 bridgehead atoms. The van der Waals surface area contributed by atoms with Gasteiger partial charge in [0.15, 0.2) is 0 Å². The number of rotatable bonds is 4. The van der Waals surface area contributed by atoms with Gasteiger partial charge in [-0.2, -0.15) is 0 Å². The number of nitrogens with zero attached hydrogens (tertiary/aromatic N) is 2. The zero-order valence-electron chi connectivity index (χ0n) is 9.68. The van der Waals surface area contributed by atoms with E-state index in [1.807, 2.05) is 11.6 Å². The summed E-state index contributed by atoms with van der Waals surface area (Å²) < 4.78 is 0. The second-order valence-corrected chi connectivity index (χ2v) is 4.81. The Hall–Kier alpha value is -1.35. The van der Waals surface area contributed by atoms with Crippen LogP contribution in [-0.4, -0.2) is 18.6 Å². The predicted molar refractivity (Wildman–Crippen MR) is 70.3 cm³/mol. The third kappa shape index (κ3) is 2.61. The van der Waals surface area contributed by atoms with E-state index < -0.39 is 0 Å². The van der Waals surface area contributed by atoms with Crippen molar-refractivity contribution in [1.82, 2.24) is 4.98 Å². The van der Waals surface area contributed by atoms with Crippen LogP contribution in [0.5, 0.6) is 0 Å². The van der Waals surface area contributed by atoms with Crippen LogP contribution in [0.4, 0.5) is 5.69 Å². The zero-order chi connectivity index (χ0) is 11.4. The summed E-state index contributed by atoms with van der Waals surface area (Å²) in [5.41, 5.74) is 4.36. The first-order valence-electron chi connectivity index (χ1n) is 5.42. The van der Waals surface area contributed by atoms with Crippen LogP contribution in [0.25, 0.3) is 0 Å². The monoisotopic (exact) mass is 232 g/mol. The largest absolute Gasteiger partial charge is 0.374 e. The molecule has 0 N–H and O–H groups in total. The smallest absolute Gasteiger partial charge is 0.0797 e. The normalized spacial score (nSPS) is 10.4.